The van der Waals surface area contributed by atoms with E-state index in [9.17, 15) is 19.7 Å². The summed E-state index contributed by atoms with van der Waals surface area (Å²) >= 11 is 3.22. The van der Waals surface area contributed by atoms with E-state index in [2.05, 4.69) is 20.3 Å². The van der Waals surface area contributed by atoms with Gasteiger partial charge in [0.05, 0.1) is 6.07 Å². The SMILES string of the molecule is O=C(COC(=O)c1ccc([N+](=O)[O-])o1)c1cccc(Br)c1. The number of ketones is 1. The van der Waals surface area contributed by atoms with Crippen LogP contribution in [0.15, 0.2) is 45.3 Å². The van der Waals surface area contributed by atoms with Gasteiger partial charge in [-0.15, -0.1) is 0 Å². The third kappa shape index (κ3) is 3.76. The smallest absolute Gasteiger partial charge is 0.433 e. The molecule has 0 aliphatic heterocycles. The molecule has 7 nitrogen and oxygen atoms in total. The van der Waals surface area contributed by atoms with Crippen molar-refractivity contribution in [2.24, 2.45) is 0 Å². The Balaban J connectivity index is 1.97. The summed E-state index contributed by atoms with van der Waals surface area (Å²) in [6.45, 7) is -0.482. The summed E-state index contributed by atoms with van der Waals surface area (Å²) < 4.78 is 10.2. The molecule has 108 valence electrons. The predicted octanol–water partition coefficient (Wildman–Crippen LogP) is 2.99. The molecule has 1 aromatic carbocycles. The summed E-state index contributed by atoms with van der Waals surface area (Å²) in [6, 6.07) is 8.75. The van der Waals surface area contributed by atoms with Crippen molar-refractivity contribution in [2.45, 2.75) is 0 Å². The molecule has 0 fully saturated rings. The minimum absolute atomic E-state index is 0.330. The van der Waals surface area contributed by atoms with Crippen molar-refractivity contribution in [1.29, 1.82) is 0 Å². The van der Waals surface area contributed by atoms with Crippen molar-refractivity contribution in [3.63, 3.8) is 0 Å². The van der Waals surface area contributed by atoms with Gasteiger partial charge in [-0.05, 0) is 18.2 Å². The van der Waals surface area contributed by atoms with E-state index in [4.69, 9.17) is 4.74 Å². The molecule has 0 radical (unpaired) electrons. The molecule has 21 heavy (non-hydrogen) atoms. The van der Waals surface area contributed by atoms with Gasteiger partial charge < -0.3 is 9.15 Å². The number of hydrogen-bond donors (Lipinski definition) is 0. The number of nitro groups is 1. The number of nitrogens with zero attached hydrogens (tertiary/aromatic N) is 1. The standard InChI is InChI=1S/C13H8BrNO6/c14-9-3-1-2-8(6-9)10(16)7-20-13(17)11-4-5-12(21-11)15(18)19/h1-6H,7H2. The van der Waals surface area contributed by atoms with Crippen molar-refractivity contribution in [3.8, 4) is 0 Å². The number of furan rings is 1. The van der Waals surface area contributed by atoms with Crippen molar-refractivity contribution in [1.82, 2.24) is 0 Å². The highest BCUT2D eigenvalue weighted by molar-refractivity contribution is 9.10. The number of carbonyl (C=O) groups is 2. The molecule has 0 spiro atoms. The highest BCUT2D eigenvalue weighted by Gasteiger charge is 2.19. The highest BCUT2D eigenvalue weighted by Crippen LogP contribution is 2.17. The molecule has 0 atom stereocenters. The third-order valence-electron chi connectivity index (χ3n) is 2.45. The van der Waals surface area contributed by atoms with Crippen molar-refractivity contribution in [3.05, 3.63) is 62.3 Å². The number of benzene rings is 1. The summed E-state index contributed by atoms with van der Waals surface area (Å²) in [5.41, 5.74) is 0.377. The fraction of sp³-hybridized carbons (Fsp3) is 0.0769. The van der Waals surface area contributed by atoms with E-state index in [1.807, 2.05) is 0 Å². The molecule has 0 amide bonds. The molecule has 0 bridgehead atoms. The first-order valence-corrected chi connectivity index (χ1v) is 6.47. The number of Topliss-reactive ketones (excluding diaryl/α,β-unsaturated/α-hetero) is 1. The Morgan fingerprint density at radius 1 is 1.29 bits per heavy atom. The number of ether oxygens (including phenoxy) is 1. The van der Waals surface area contributed by atoms with Crippen molar-refractivity contribution >= 4 is 33.6 Å². The summed E-state index contributed by atoms with van der Waals surface area (Å²) in [5, 5.41) is 10.4. The number of hydrogen-bond acceptors (Lipinski definition) is 6. The van der Waals surface area contributed by atoms with Crippen molar-refractivity contribution in [2.75, 3.05) is 6.61 Å². The van der Waals surface area contributed by atoms with E-state index in [1.165, 1.54) is 0 Å². The first kappa shape index (κ1) is 14.9. The molecular weight excluding hydrogens is 346 g/mol. The lowest BCUT2D eigenvalue weighted by molar-refractivity contribution is -0.402. The van der Waals surface area contributed by atoms with Gasteiger partial charge >= 0.3 is 11.9 Å². The number of rotatable bonds is 5. The van der Waals surface area contributed by atoms with E-state index in [0.29, 0.717) is 5.56 Å². The summed E-state index contributed by atoms with van der Waals surface area (Å²) in [5.74, 6) is -2.24. The van der Waals surface area contributed by atoms with Gasteiger partial charge in [-0.1, -0.05) is 28.1 Å². The van der Waals surface area contributed by atoms with E-state index in [0.717, 1.165) is 16.6 Å². The van der Waals surface area contributed by atoms with E-state index in [1.54, 1.807) is 24.3 Å². The Hall–Kier alpha value is -2.48. The molecule has 8 heteroatoms. The van der Waals surface area contributed by atoms with Gasteiger partial charge in [0.2, 0.25) is 5.76 Å². The second kappa shape index (κ2) is 6.31. The van der Waals surface area contributed by atoms with Gasteiger partial charge in [0, 0.05) is 10.0 Å². The fourth-order valence-corrected chi connectivity index (χ4v) is 1.88. The summed E-state index contributed by atoms with van der Waals surface area (Å²) in [4.78, 5) is 33.0. The topological polar surface area (TPSA) is 99.7 Å². The summed E-state index contributed by atoms with van der Waals surface area (Å²) in [7, 11) is 0. The first-order chi connectivity index (χ1) is 9.97. The maximum atomic E-state index is 11.8. The lowest BCUT2D eigenvalue weighted by Crippen LogP contribution is -2.13. The van der Waals surface area contributed by atoms with Gasteiger partial charge in [-0.2, -0.15) is 0 Å². The predicted molar refractivity (Wildman–Crippen MR) is 74.1 cm³/mol. The Labute approximate surface area is 126 Å². The zero-order chi connectivity index (χ0) is 15.4. The normalized spacial score (nSPS) is 10.1. The Kier molecular flexibility index (Phi) is 4.49. The number of halogens is 1. The number of carbonyl (C=O) groups excluding carboxylic acids is 2. The van der Waals surface area contributed by atoms with Gasteiger partial charge in [-0.25, -0.2) is 4.79 Å². The average molecular weight is 354 g/mol. The Morgan fingerprint density at radius 3 is 2.67 bits per heavy atom. The van der Waals surface area contributed by atoms with Gasteiger partial charge in [0.25, 0.3) is 0 Å². The van der Waals surface area contributed by atoms with Crippen molar-refractivity contribution < 1.29 is 23.7 Å². The van der Waals surface area contributed by atoms with Crippen LogP contribution in [0.2, 0.25) is 0 Å². The zero-order valence-electron chi connectivity index (χ0n) is 10.4. The minimum atomic E-state index is -0.938. The highest BCUT2D eigenvalue weighted by atomic mass is 79.9. The maximum Gasteiger partial charge on any atom is 0.433 e. The largest absolute Gasteiger partial charge is 0.451 e. The van der Waals surface area contributed by atoms with Crippen LogP contribution in [0.4, 0.5) is 5.88 Å². The molecule has 0 aliphatic rings. The minimum Gasteiger partial charge on any atom is -0.451 e. The third-order valence-corrected chi connectivity index (χ3v) is 2.95. The van der Waals surface area contributed by atoms with Gasteiger partial charge in [-0.3, -0.25) is 14.9 Å². The molecule has 2 aromatic rings. The second-order valence-corrected chi connectivity index (χ2v) is 4.82. The van der Waals surface area contributed by atoms with Crippen LogP contribution in [-0.4, -0.2) is 23.3 Å². The van der Waals surface area contributed by atoms with Crippen LogP contribution in [0.3, 0.4) is 0 Å². The maximum absolute atomic E-state index is 11.8. The zero-order valence-corrected chi connectivity index (χ0v) is 12.0. The van der Waals surface area contributed by atoms with Crippen LogP contribution in [-0.2, 0) is 4.74 Å². The average Bonchev–Trinajstić information content (AvgIpc) is 2.94. The van der Waals surface area contributed by atoms with Gasteiger partial charge in [0.1, 0.15) is 4.92 Å². The number of esters is 1. The second-order valence-electron chi connectivity index (χ2n) is 3.90. The molecule has 0 saturated heterocycles. The molecule has 1 aromatic heterocycles. The quantitative estimate of drug-likeness (QED) is 0.354. The summed E-state index contributed by atoms with van der Waals surface area (Å²) in [6.07, 6.45) is 0. The molecule has 0 saturated carbocycles. The lowest BCUT2D eigenvalue weighted by atomic mass is 10.1. The van der Waals surface area contributed by atoms with Crippen LogP contribution in [0, 0.1) is 10.1 Å². The van der Waals surface area contributed by atoms with Crippen LogP contribution in [0.5, 0.6) is 0 Å². The molecular formula is C13H8BrNO6. The molecule has 0 N–H and O–H groups in total. The molecule has 2 rings (SSSR count). The molecule has 0 aliphatic carbocycles. The molecule has 0 unspecified atom stereocenters. The van der Waals surface area contributed by atoms with E-state index in [-0.39, 0.29) is 5.76 Å². The Morgan fingerprint density at radius 2 is 2.05 bits per heavy atom. The fourth-order valence-electron chi connectivity index (χ4n) is 1.48. The first-order valence-electron chi connectivity index (χ1n) is 5.67. The van der Waals surface area contributed by atoms with E-state index >= 15 is 0 Å². The van der Waals surface area contributed by atoms with Gasteiger partial charge in [0.15, 0.2) is 12.4 Å². The lowest BCUT2D eigenvalue weighted by Gasteiger charge is -2.02. The van der Waals surface area contributed by atoms with Crippen LogP contribution < -0.4 is 0 Å². The Bertz CT molecular complexity index is 708. The van der Waals surface area contributed by atoms with Crippen LogP contribution >= 0.6 is 15.9 Å². The van der Waals surface area contributed by atoms with Crippen LogP contribution in [0.1, 0.15) is 20.9 Å². The van der Waals surface area contributed by atoms with Crippen LogP contribution in [0.25, 0.3) is 0 Å². The monoisotopic (exact) mass is 353 g/mol. The van der Waals surface area contributed by atoms with E-state index < -0.39 is 29.2 Å². The molecule has 1 heterocycles.